The van der Waals surface area contributed by atoms with Crippen LogP contribution in [-0.4, -0.2) is 39.3 Å². The van der Waals surface area contributed by atoms with E-state index in [9.17, 15) is 0 Å². The zero-order valence-electron chi connectivity index (χ0n) is 15.3. The fourth-order valence-electron chi connectivity index (χ4n) is 2.87. The van der Waals surface area contributed by atoms with Gasteiger partial charge in [0.25, 0.3) is 0 Å². The molecular formula is C20H25N5S. The molecule has 0 spiro atoms. The molecule has 0 radical (unpaired) electrons. The van der Waals surface area contributed by atoms with Crippen LogP contribution in [0.2, 0.25) is 0 Å². The number of aromatic nitrogens is 2. The number of nitrogens with one attached hydrogen (secondary N) is 2. The summed E-state index contributed by atoms with van der Waals surface area (Å²) in [5.74, 6) is 0.757. The molecule has 3 aromatic rings. The van der Waals surface area contributed by atoms with Crippen LogP contribution in [0.15, 0.2) is 54.6 Å². The molecule has 26 heavy (non-hydrogen) atoms. The summed E-state index contributed by atoms with van der Waals surface area (Å²) in [6.45, 7) is 7.71. The quantitative estimate of drug-likeness (QED) is 0.493. The third-order valence-electron chi connectivity index (χ3n) is 4.42. The van der Waals surface area contributed by atoms with Crippen LogP contribution in [0.4, 0.5) is 5.95 Å². The highest BCUT2D eigenvalue weighted by Crippen LogP contribution is 2.21. The summed E-state index contributed by atoms with van der Waals surface area (Å²) in [5, 5.41) is 7.12. The second-order valence-corrected chi connectivity index (χ2v) is 6.50. The minimum atomic E-state index is 0.585. The predicted octanol–water partition coefficient (Wildman–Crippen LogP) is 3.67. The number of benzene rings is 2. The van der Waals surface area contributed by atoms with Crippen molar-refractivity contribution in [2.45, 2.75) is 20.4 Å². The Kier molecular flexibility index (Phi) is 6.20. The highest BCUT2D eigenvalue weighted by atomic mass is 32.1. The number of rotatable bonds is 7. The lowest BCUT2D eigenvalue weighted by Crippen LogP contribution is -2.39. The molecule has 0 aliphatic rings. The topological polar surface area (TPSA) is 45.1 Å². The van der Waals surface area contributed by atoms with Gasteiger partial charge in [-0.15, -0.1) is 0 Å². The standard InChI is InChI=1S/C20H25N5S/c1-3-24(4-2)15-21-20(26)23-19-22-17-12-8-9-13-18(17)25(19)14-16-10-6-5-7-11-16/h5-13H,3-4,14-15H2,1-2H3,(H2,21,22,23,26). The van der Waals surface area contributed by atoms with Gasteiger partial charge in [-0.3, -0.25) is 4.90 Å². The zero-order valence-corrected chi connectivity index (χ0v) is 16.1. The van der Waals surface area contributed by atoms with E-state index in [-0.39, 0.29) is 0 Å². The van der Waals surface area contributed by atoms with E-state index in [2.05, 4.69) is 64.3 Å². The van der Waals surface area contributed by atoms with E-state index in [0.29, 0.717) is 5.11 Å². The van der Waals surface area contributed by atoms with Crippen LogP contribution in [0.5, 0.6) is 0 Å². The third-order valence-corrected chi connectivity index (χ3v) is 4.67. The van der Waals surface area contributed by atoms with Crippen LogP contribution in [0.25, 0.3) is 11.0 Å². The first-order chi connectivity index (χ1) is 12.7. The van der Waals surface area contributed by atoms with Gasteiger partial charge in [0.2, 0.25) is 5.95 Å². The molecular weight excluding hydrogens is 342 g/mol. The van der Waals surface area contributed by atoms with Crippen molar-refractivity contribution in [3.63, 3.8) is 0 Å². The smallest absolute Gasteiger partial charge is 0.210 e. The fourth-order valence-corrected chi connectivity index (χ4v) is 3.03. The Bertz CT molecular complexity index is 855. The van der Waals surface area contributed by atoms with Crippen molar-refractivity contribution in [3.8, 4) is 0 Å². The van der Waals surface area contributed by atoms with Gasteiger partial charge in [-0.25, -0.2) is 4.98 Å². The largest absolute Gasteiger partial charge is 0.350 e. The van der Waals surface area contributed by atoms with Gasteiger partial charge in [0.05, 0.1) is 24.2 Å². The summed E-state index contributed by atoms with van der Waals surface area (Å²) in [6.07, 6.45) is 0. The Morgan fingerprint density at radius 1 is 1.04 bits per heavy atom. The summed E-state index contributed by atoms with van der Waals surface area (Å²) in [7, 11) is 0. The Hall–Kier alpha value is -2.44. The zero-order chi connectivity index (χ0) is 18.4. The van der Waals surface area contributed by atoms with Crippen molar-refractivity contribution in [2.75, 3.05) is 25.1 Å². The molecule has 0 saturated heterocycles. The van der Waals surface area contributed by atoms with Crippen LogP contribution < -0.4 is 10.6 Å². The molecule has 2 N–H and O–H groups in total. The van der Waals surface area contributed by atoms with E-state index < -0.39 is 0 Å². The number of anilines is 1. The van der Waals surface area contributed by atoms with Gasteiger partial charge in [0, 0.05) is 0 Å². The molecule has 0 aliphatic heterocycles. The van der Waals surface area contributed by atoms with Crippen LogP contribution in [-0.2, 0) is 6.54 Å². The average Bonchev–Trinajstić information content (AvgIpc) is 3.00. The van der Waals surface area contributed by atoms with Crippen molar-refractivity contribution in [2.24, 2.45) is 0 Å². The highest BCUT2D eigenvalue weighted by molar-refractivity contribution is 7.80. The van der Waals surface area contributed by atoms with Crippen LogP contribution >= 0.6 is 12.2 Å². The lowest BCUT2D eigenvalue weighted by atomic mass is 10.2. The SMILES string of the molecule is CCN(CC)CNC(=S)Nc1nc2ccccc2n1Cc1ccccc1. The van der Waals surface area contributed by atoms with Crippen molar-refractivity contribution >= 4 is 34.3 Å². The maximum absolute atomic E-state index is 5.48. The van der Waals surface area contributed by atoms with Gasteiger partial charge in [0.1, 0.15) is 0 Å². The summed E-state index contributed by atoms with van der Waals surface area (Å²) < 4.78 is 2.16. The first kappa shape index (κ1) is 18.4. The Balaban J connectivity index is 1.81. The molecule has 0 atom stereocenters. The van der Waals surface area contributed by atoms with E-state index in [0.717, 1.165) is 43.3 Å². The Labute approximate surface area is 160 Å². The van der Waals surface area contributed by atoms with E-state index in [1.807, 2.05) is 24.3 Å². The molecule has 1 heterocycles. The molecule has 1 aromatic heterocycles. The number of nitrogens with zero attached hydrogens (tertiary/aromatic N) is 3. The molecule has 0 unspecified atom stereocenters. The monoisotopic (exact) mass is 367 g/mol. The van der Waals surface area contributed by atoms with Gasteiger partial charge in [-0.2, -0.15) is 0 Å². The van der Waals surface area contributed by atoms with Crippen molar-refractivity contribution in [1.29, 1.82) is 0 Å². The molecule has 3 rings (SSSR count). The lowest BCUT2D eigenvalue weighted by Gasteiger charge is -2.20. The first-order valence-electron chi connectivity index (χ1n) is 8.97. The number of hydrogen-bond donors (Lipinski definition) is 2. The highest BCUT2D eigenvalue weighted by Gasteiger charge is 2.12. The minimum absolute atomic E-state index is 0.585. The number of imidazole rings is 1. The lowest BCUT2D eigenvalue weighted by molar-refractivity contribution is 0.299. The van der Waals surface area contributed by atoms with Gasteiger partial charge < -0.3 is 15.2 Å². The summed E-state index contributed by atoms with van der Waals surface area (Å²) in [5.41, 5.74) is 3.27. The Morgan fingerprint density at radius 2 is 1.73 bits per heavy atom. The molecule has 0 amide bonds. The molecule has 0 fully saturated rings. The van der Waals surface area contributed by atoms with Crippen LogP contribution in [0.1, 0.15) is 19.4 Å². The summed E-state index contributed by atoms with van der Waals surface area (Å²) in [6, 6.07) is 18.5. The number of hydrogen-bond acceptors (Lipinski definition) is 3. The van der Waals surface area contributed by atoms with Crippen molar-refractivity contribution in [3.05, 3.63) is 60.2 Å². The summed E-state index contributed by atoms with van der Waals surface area (Å²) >= 11 is 5.48. The minimum Gasteiger partial charge on any atom is -0.350 e. The van der Waals surface area contributed by atoms with Crippen molar-refractivity contribution in [1.82, 2.24) is 19.8 Å². The summed E-state index contributed by atoms with van der Waals surface area (Å²) in [4.78, 5) is 6.99. The number of thiocarbonyl (C=S) groups is 1. The first-order valence-corrected chi connectivity index (χ1v) is 9.38. The number of fused-ring (bicyclic) bond motifs is 1. The van der Waals surface area contributed by atoms with E-state index in [1.165, 1.54) is 5.56 Å². The van der Waals surface area contributed by atoms with Crippen LogP contribution in [0, 0.1) is 0 Å². The Morgan fingerprint density at radius 3 is 2.46 bits per heavy atom. The molecule has 6 heteroatoms. The second-order valence-electron chi connectivity index (χ2n) is 6.09. The normalized spacial score (nSPS) is 11.0. The van der Waals surface area contributed by atoms with Gasteiger partial charge in [-0.05, 0) is 43.0 Å². The number of para-hydroxylation sites is 2. The average molecular weight is 368 g/mol. The molecule has 0 aliphatic carbocycles. The van der Waals surface area contributed by atoms with Crippen LogP contribution in [0.3, 0.4) is 0 Å². The second kappa shape index (κ2) is 8.78. The van der Waals surface area contributed by atoms with E-state index in [1.54, 1.807) is 0 Å². The predicted molar refractivity (Wildman–Crippen MR) is 112 cm³/mol. The maximum Gasteiger partial charge on any atom is 0.210 e. The maximum atomic E-state index is 5.48. The van der Waals surface area contributed by atoms with Gasteiger partial charge in [-0.1, -0.05) is 56.3 Å². The van der Waals surface area contributed by atoms with E-state index >= 15 is 0 Å². The molecule has 136 valence electrons. The van der Waals surface area contributed by atoms with Gasteiger partial charge >= 0.3 is 0 Å². The molecule has 5 nitrogen and oxygen atoms in total. The van der Waals surface area contributed by atoms with E-state index in [4.69, 9.17) is 17.2 Å². The van der Waals surface area contributed by atoms with Gasteiger partial charge in [0.15, 0.2) is 5.11 Å². The van der Waals surface area contributed by atoms with Crippen molar-refractivity contribution < 1.29 is 0 Å². The third kappa shape index (κ3) is 4.39. The molecule has 2 aromatic carbocycles. The fraction of sp³-hybridized carbons (Fsp3) is 0.300. The molecule has 0 saturated carbocycles. The molecule has 0 bridgehead atoms.